The second-order valence-corrected chi connectivity index (χ2v) is 4.52. The largest absolute Gasteiger partial charge is 0.313 e. The van der Waals surface area contributed by atoms with E-state index in [-0.39, 0.29) is 0 Å². The summed E-state index contributed by atoms with van der Waals surface area (Å²) in [6.45, 7) is 12.5. The molecule has 0 aromatic heterocycles. The Morgan fingerprint density at radius 3 is 2.29 bits per heavy atom. The van der Waals surface area contributed by atoms with Crippen LogP contribution in [-0.2, 0) is 0 Å². The minimum atomic E-state index is 0.641. The van der Waals surface area contributed by atoms with Gasteiger partial charge >= 0.3 is 0 Å². The molecule has 2 heteroatoms. The number of rotatable bonds is 8. The molecule has 0 rings (SSSR count). The summed E-state index contributed by atoms with van der Waals surface area (Å²) in [7, 11) is 2.22. The molecule has 0 radical (unpaired) electrons. The third-order valence-electron chi connectivity index (χ3n) is 2.67. The SMILES string of the molecule is CCCCN(C)CC(NCC)C(C)C. The van der Waals surface area contributed by atoms with Crippen LogP contribution in [0.2, 0.25) is 0 Å². The van der Waals surface area contributed by atoms with Crippen LogP contribution < -0.4 is 5.32 Å². The molecule has 0 saturated heterocycles. The monoisotopic (exact) mass is 200 g/mol. The quantitative estimate of drug-likeness (QED) is 0.647. The number of nitrogens with zero attached hydrogens (tertiary/aromatic N) is 1. The lowest BCUT2D eigenvalue weighted by atomic mass is 10.0. The second kappa shape index (κ2) is 8.25. The summed E-state index contributed by atoms with van der Waals surface area (Å²) < 4.78 is 0. The molecule has 86 valence electrons. The normalized spacial score (nSPS) is 13.9. The summed E-state index contributed by atoms with van der Waals surface area (Å²) in [5.74, 6) is 0.721. The van der Waals surface area contributed by atoms with E-state index in [1.54, 1.807) is 0 Å². The van der Waals surface area contributed by atoms with E-state index >= 15 is 0 Å². The van der Waals surface area contributed by atoms with Gasteiger partial charge in [-0.1, -0.05) is 34.1 Å². The Bertz CT molecular complexity index is 123. The van der Waals surface area contributed by atoms with Crippen LogP contribution >= 0.6 is 0 Å². The molecule has 0 aliphatic carbocycles. The first kappa shape index (κ1) is 13.9. The van der Waals surface area contributed by atoms with Crippen LogP contribution in [0.15, 0.2) is 0 Å². The topological polar surface area (TPSA) is 15.3 Å². The van der Waals surface area contributed by atoms with E-state index in [1.165, 1.54) is 25.9 Å². The average molecular weight is 200 g/mol. The Balaban J connectivity index is 3.77. The maximum atomic E-state index is 3.55. The predicted octanol–water partition coefficient (Wildman–Crippen LogP) is 2.35. The van der Waals surface area contributed by atoms with E-state index in [1.807, 2.05) is 0 Å². The molecule has 0 bridgehead atoms. The van der Waals surface area contributed by atoms with Gasteiger partial charge in [0.05, 0.1) is 0 Å². The van der Waals surface area contributed by atoms with Crippen LogP contribution in [0.3, 0.4) is 0 Å². The maximum absolute atomic E-state index is 3.55. The zero-order chi connectivity index (χ0) is 11.0. The fourth-order valence-corrected chi connectivity index (χ4v) is 1.63. The first-order chi connectivity index (χ1) is 6.61. The van der Waals surface area contributed by atoms with Crippen LogP contribution in [0.25, 0.3) is 0 Å². The van der Waals surface area contributed by atoms with E-state index in [0.29, 0.717) is 6.04 Å². The van der Waals surface area contributed by atoms with E-state index < -0.39 is 0 Å². The van der Waals surface area contributed by atoms with Gasteiger partial charge in [-0.2, -0.15) is 0 Å². The van der Waals surface area contributed by atoms with Crippen molar-refractivity contribution in [1.82, 2.24) is 10.2 Å². The van der Waals surface area contributed by atoms with Gasteiger partial charge in [-0.25, -0.2) is 0 Å². The lowest BCUT2D eigenvalue weighted by molar-refractivity contribution is 0.254. The molecule has 1 atom stereocenters. The number of hydrogen-bond acceptors (Lipinski definition) is 2. The molecule has 0 spiro atoms. The molecule has 0 aliphatic heterocycles. The molecule has 0 heterocycles. The summed E-state index contributed by atoms with van der Waals surface area (Å²) in [6, 6.07) is 0.641. The van der Waals surface area contributed by atoms with Crippen molar-refractivity contribution in [2.24, 2.45) is 5.92 Å². The Morgan fingerprint density at radius 2 is 1.86 bits per heavy atom. The zero-order valence-electron chi connectivity index (χ0n) is 10.6. The molecule has 14 heavy (non-hydrogen) atoms. The Labute approximate surface area is 90.1 Å². The first-order valence-corrected chi connectivity index (χ1v) is 6.03. The van der Waals surface area contributed by atoms with E-state index in [0.717, 1.165) is 12.5 Å². The summed E-state index contributed by atoms with van der Waals surface area (Å²) >= 11 is 0. The van der Waals surface area contributed by atoms with Crippen molar-refractivity contribution in [1.29, 1.82) is 0 Å². The fourth-order valence-electron chi connectivity index (χ4n) is 1.63. The highest BCUT2D eigenvalue weighted by Gasteiger charge is 2.13. The highest BCUT2D eigenvalue weighted by atomic mass is 15.1. The lowest BCUT2D eigenvalue weighted by Crippen LogP contribution is -2.43. The maximum Gasteiger partial charge on any atom is 0.0217 e. The molecular formula is C12H28N2. The average Bonchev–Trinajstić information content (AvgIpc) is 2.14. The van der Waals surface area contributed by atoms with Gasteiger partial charge in [0.15, 0.2) is 0 Å². The third kappa shape index (κ3) is 6.39. The lowest BCUT2D eigenvalue weighted by Gasteiger charge is -2.27. The van der Waals surface area contributed by atoms with Gasteiger partial charge in [0.2, 0.25) is 0 Å². The smallest absolute Gasteiger partial charge is 0.0217 e. The molecule has 0 fully saturated rings. The summed E-state index contributed by atoms with van der Waals surface area (Å²) in [5, 5.41) is 3.55. The summed E-state index contributed by atoms with van der Waals surface area (Å²) in [4.78, 5) is 2.44. The van der Waals surface area contributed by atoms with Crippen LogP contribution in [0.1, 0.15) is 40.5 Å². The van der Waals surface area contributed by atoms with Crippen molar-refractivity contribution >= 4 is 0 Å². The van der Waals surface area contributed by atoms with Crippen molar-refractivity contribution in [2.45, 2.75) is 46.6 Å². The molecule has 0 aromatic carbocycles. The molecular weight excluding hydrogens is 172 g/mol. The minimum absolute atomic E-state index is 0.641. The zero-order valence-corrected chi connectivity index (χ0v) is 10.6. The van der Waals surface area contributed by atoms with Crippen molar-refractivity contribution in [2.75, 3.05) is 26.7 Å². The van der Waals surface area contributed by atoms with Gasteiger partial charge in [-0.15, -0.1) is 0 Å². The Morgan fingerprint density at radius 1 is 1.21 bits per heavy atom. The number of likely N-dealkylation sites (N-methyl/N-ethyl adjacent to an activating group) is 2. The number of nitrogens with one attached hydrogen (secondary N) is 1. The Hall–Kier alpha value is -0.0800. The Kier molecular flexibility index (Phi) is 8.20. The molecule has 2 nitrogen and oxygen atoms in total. The van der Waals surface area contributed by atoms with Crippen LogP contribution in [0.4, 0.5) is 0 Å². The number of unbranched alkanes of at least 4 members (excludes halogenated alkanes) is 1. The van der Waals surface area contributed by atoms with Gasteiger partial charge in [0.25, 0.3) is 0 Å². The first-order valence-electron chi connectivity index (χ1n) is 6.03. The van der Waals surface area contributed by atoms with Crippen molar-refractivity contribution in [3.05, 3.63) is 0 Å². The van der Waals surface area contributed by atoms with Gasteiger partial charge in [-0.05, 0) is 32.5 Å². The van der Waals surface area contributed by atoms with Gasteiger partial charge < -0.3 is 10.2 Å². The number of hydrogen-bond donors (Lipinski definition) is 1. The van der Waals surface area contributed by atoms with Crippen LogP contribution in [-0.4, -0.2) is 37.6 Å². The van der Waals surface area contributed by atoms with Crippen LogP contribution in [0.5, 0.6) is 0 Å². The predicted molar refractivity (Wildman–Crippen MR) is 64.7 cm³/mol. The minimum Gasteiger partial charge on any atom is -0.313 e. The van der Waals surface area contributed by atoms with Crippen molar-refractivity contribution in [3.63, 3.8) is 0 Å². The third-order valence-corrected chi connectivity index (χ3v) is 2.67. The molecule has 0 aromatic rings. The highest BCUT2D eigenvalue weighted by molar-refractivity contribution is 4.73. The fraction of sp³-hybridized carbons (Fsp3) is 1.00. The van der Waals surface area contributed by atoms with E-state index in [9.17, 15) is 0 Å². The molecule has 1 unspecified atom stereocenters. The van der Waals surface area contributed by atoms with Crippen molar-refractivity contribution in [3.8, 4) is 0 Å². The molecule has 1 N–H and O–H groups in total. The van der Waals surface area contributed by atoms with E-state index in [2.05, 4.69) is 45.0 Å². The second-order valence-electron chi connectivity index (χ2n) is 4.52. The van der Waals surface area contributed by atoms with Gasteiger partial charge in [-0.3, -0.25) is 0 Å². The van der Waals surface area contributed by atoms with Crippen molar-refractivity contribution < 1.29 is 0 Å². The molecule has 0 amide bonds. The standard InChI is InChI=1S/C12H28N2/c1-6-8-9-14(5)10-12(11(3)4)13-7-2/h11-13H,6-10H2,1-5H3. The van der Waals surface area contributed by atoms with Crippen LogP contribution in [0, 0.1) is 5.92 Å². The molecule has 0 saturated carbocycles. The summed E-state index contributed by atoms with van der Waals surface area (Å²) in [6.07, 6.45) is 2.60. The highest BCUT2D eigenvalue weighted by Crippen LogP contribution is 2.03. The van der Waals surface area contributed by atoms with Gasteiger partial charge in [0.1, 0.15) is 0 Å². The van der Waals surface area contributed by atoms with Gasteiger partial charge in [0, 0.05) is 12.6 Å². The van der Waals surface area contributed by atoms with E-state index in [4.69, 9.17) is 0 Å². The molecule has 0 aliphatic rings. The summed E-state index contributed by atoms with van der Waals surface area (Å²) in [5.41, 5.74) is 0.